The summed E-state index contributed by atoms with van der Waals surface area (Å²) in [7, 11) is 0. The van der Waals surface area contributed by atoms with E-state index in [4.69, 9.17) is 4.74 Å². The van der Waals surface area contributed by atoms with Gasteiger partial charge < -0.3 is 4.74 Å². The van der Waals surface area contributed by atoms with Gasteiger partial charge in [0.1, 0.15) is 5.75 Å². The van der Waals surface area contributed by atoms with E-state index in [1.54, 1.807) is 61.1 Å². The lowest BCUT2D eigenvalue weighted by Crippen LogP contribution is -2.02. The summed E-state index contributed by atoms with van der Waals surface area (Å²) in [5.41, 5.74) is 0.617. The van der Waals surface area contributed by atoms with Crippen LogP contribution in [-0.4, -0.2) is 12.6 Å². The highest BCUT2D eigenvalue weighted by molar-refractivity contribution is 6.13. The highest BCUT2D eigenvalue weighted by Gasteiger charge is 2.12. The van der Waals surface area contributed by atoms with E-state index >= 15 is 0 Å². The van der Waals surface area contributed by atoms with Gasteiger partial charge in [-0.15, -0.1) is 0 Å². The standard InChI is InChI=1S/C16H10O3/c17-11-15(13-7-3-1-4-8-13)16(12-18)19-14-9-5-2-6-10-14/h1-10H/b16-15-. The van der Waals surface area contributed by atoms with Gasteiger partial charge in [0.2, 0.25) is 6.29 Å². The van der Waals surface area contributed by atoms with Gasteiger partial charge in [0.15, 0.2) is 5.76 Å². The summed E-state index contributed by atoms with van der Waals surface area (Å²) < 4.78 is 5.36. The molecular formula is C16H10O3. The Morgan fingerprint density at radius 3 is 1.89 bits per heavy atom. The van der Waals surface area contributed by atoms with Crippen molar-refractivity contribution in [1.29, 1.82) is 0 Å². The zero-order valence-corrected chi connectivity index (χ0v) is 10.00. The van der Waals surface area contributed by atoms with Crippen molar-refractivity contribution in [1.82, 2.24) is 0 Å². The van der Waals surface area contributed by atoms with Crippen molar-refractivity contribution in [3.05, 3.63) is 72.0 Å². The van der Waals surface area contributed by atoms with E-state index in [-0.39, 0.29) is 11.3 Å². The van der Waals surface area contributed by atoms with E-state index in [0.717, 1.165) is 0 Å². The first-order valence-electron chi connectivity index (χ1n) is 5.64. The zero-order valence-electron chi connectivity index (χ0n) is 10.00. The first-order chi connectivity index (χ1) is 9.35. The average molecular weight is 250 g/mol. The molecule has 0 saturated carbocycles. The van der Waals surface area contributed by atoms with Crippen LogP contribution in [0, 0.1) is 0 Å². The molecule has 19 heavy (non-hydrogen) atoms. The van der Waals surface area contributed by atoms with Crippen LogP contribution >= 0.6 is 0 Å². The van der Waals surface area contributed by atoms with E-state index in [0.29, 0.717) is 11.3 Å². The van der Waals surface area contributed by atoms with Crippen molar-refractivity contribution in [2.24, 2.45) is 0 Å². The third kappa shape index (κ3) is 3.16. The summed E-state index contributed by atoms with van der Waals surface area (Å²) in [6.45, 7) is 0. The van der Waals surface area contributed by atoms with Gasteiger partial charge in [-0.05, 0) is 17.7 Å². The quantitative estimate of drug-likeness (QED) is 0.605. The monoisotopic (exact) mass is 250 g/mol. The Morgan fingerprint density at radius 2 is 1.37 bits per heavy atom. The fourth-order valence-electron chi connectivity index (χ4n) is 1.57. The molecule has 0 aliphatic rings. The number of carbonyl (C=O) groups excluding carboxylic acids is 2. The Bertz CT molecular complexity index is 586. The summed E-state index contributed by atoms with van der Waals surface area (Å²) in [6.07, 6.45) is 3.38. The zero-order chi connectivity index (χ0) is 13.5. The van der Waals surface area contributed by atoms with Crippen LogP contribution in [0.1, 0.15) is 5.56 Å². The fraction of sp³-hybridized carbons (Fsp3) is 0. The van der Waals surface area contributed by atoms with Crippen LogP contribution in [0.2, 0.25) is 0 Å². The Labute approximate surface area is 111 Å². The van der Waals surface area contributed by atoms with Crippen molar-refractivity contribution >= 4 is 18.1 Å². The van der Waals surface area contributed by atoms with Gasteiger partial charge in [0.05, 0.1) is 5.57 Å². The van der Waals surface area contributed by atoms with Crippen LogP contribution in [0.25, 0.3) is 5.57 Å². The normalized spacial score (nSPS) is 11.4. The van der Waals surface area contributed by atoms with Crippen LogP contribution in [0.3, 0.4) is 0 Å². The van der Waals surface area contributed by atoms with Crippen molar-refractivity contribution in [2.45, 2.75) is 0 Å². The van der Waals surface area contributed by atoms with Crippen LogP contribution in [0.4, 0.5) is 0 Å². The number of allylic oxidation sites excluding steroid dienone is 2. The third-order valence-corrected chi connectivity index (χ3v) is 2.45. The van der Waals surface area contributed by atoms with Gasteiger partial charge >= 0.3 is 0 Å². The lowest BCUT2D eigenvalue weighted by atomic mass is 10.1. The lowest BCUT2D eigenvalue weighted by molar-refractivity contribution is 0.441. The van der Waals surface area contributed by atoms with E-state index in [1.807, 2.05) is 12.1 Å². The second kappa shape index (κ2) is 6.31. The minimum absolute atomic E-state index is 0.0550. The molecule has 2 rings (SSSR count). The van der Waals surface area contributed by atoms with Crippen LogP contribution in [0.5, 0.6) is 5.75 Å². The molecule has 0 aliphatic carbocycles. The number of ether oxygens (including phenoxy) is 1. The molecule has 0 saturated heterocycles. The summed E-state index contributed by atoms with van der Waals surface area (Å²) >= 11 is 0. The van der Waals surface area contributed by atoms with Crippen molar-refractivity contribution in [2.75, 3.05) is 0 Å². The molecule has 0 amide bonds. The molecule has 92 valence electrons. The topological polar surface area (TPSA) is 43.4 Å². The van der Waals surface area contributed by atoms with E-state index in [9.17, 15) is 9.59 Å². The van der Waals surface area contributed by atoms with Crippen molar-refractivity contribution < 1.29 is 14.3 Å². The SMILES string of the molecule is O=[C]/C(Oc1ccccc1)=C(\[C]=O)c1ccccc1. The maximum atomic E-state index is 11.1. The fourth-order valence-corrected chi connectivity index (χ4v) is 1.57. The molecule has 0 aromatic heterocycles. The van der Waals surface area contributed by atoms with Gasteiger partial charge in [-0.25, -0.2) is 0 Å². The predicted molar refractivity (Wildman–Crippen MR) is 71.8 cm³/mol. The molecule has 0 atom stereocenters. The molecule has 3 heteroatoms. The smallest absolute Gasteiger partial charge is 0.272 e. The maximum absolute atomic E-state index is 11.1. The Balaban J connectivity index is 2.39. The van der Waals surface area contributed by atoms with Crippen LogP contribution < -0.4 is 4.74 Å². The minimum Gasteiger partial charge on any atom is -0.452 e. The molecule has 0 spiro atoms. The number of benzene rings is 2. The third-order valence-electron chi connectivity index (χ3n) is 2.45. The largest absolute Gasteiger partial charge is 0.452 e. The Hall–Kier alpha value is -2.68. The second-order valence-corrected chi connectivity index (χ2v) is 3.69. The molecule has 0 fully saturated rings. The van der Waals surface area contributed by atoms with Crippen LogP contribution in [-0.2, 0) is 9.59 Å². The van der Waals surface area contributed by atoms with Crippen LogP contribution in [0.15, 0.2) is 66.4 Å². The molecule has 0 bridgehead atoms. The Morgan fingerprint density at radius 1 is 0.789 bits per heavy atom. The summed E-state index contributed by atoms with van der Waals surface area (Å²) in [5, 5.41) is 0. The van der Waals surface area contributed by atoms with E-state index < -0.39 is 0 Å². The summed E-state index contributed by atoms with van der Waals surface area (Å²) in [6, 6.07) is 17.5. The molecule has 0 unspecified atom stereocenters. The highest BCUT2D eigenvalue weighted by atomic mass is 16.5. The lowest BCUT2D eigenvalue weighted by Gasteiger charge is -2.07. The van der Waals surface area contributed by atoms with E-state index in [2.05, 4.69) is 0 Å². The number of para-hydroxylation sites is 1. The molecule has 3 nitrogen and oxygen atoms in total. The molecular weight excluding hydrogens is 240 g/mol. The van der Waals surface area contributed by atoms with Crippen molar-refractivity contribution in [3.63, 3.8) is 0 Å². The van der Waals surface area contributed by atoms with Gasteiger partial charge in [-0.1, -0.05) is 48.5 Å². The Kier molecular flexibility index (Phi) is 4.24. The molecule has 2 aromatic carbocycles. The van der Waals surface area contributed by atoms with E-state index in [1.165, 1.54) is 0 Å². The second-order valence-electron chi connectivity index (χ2n) is 3.69. The number of rotatable bonds is 5. The summed E-state index contributed by atoms with van der Waals surface area (Å²) in [4.78, 5) is 22.1. The number of hydrogen-bond acceptors (Lipinski definition) is 3. The first-order valence-corrected chi connectivity index (χ1v) is 5.64. The molecule has 0 N–H and O–H groups in total. The van der Waals surface area contributed by atoms with Gasteiger partial charge in [0, 0.05) is 0 Å². The minimum atomic E-state index is -0.174. The van der Waals surface area contributed by atoms with Crippen molar-refractivity contribution in [3.8, 4) is 5.75 Å². The first kappa shape index (κ1) is 12.8. The molecule has 2 radical (unpaired) electrons. The highest BCUT2D eigenvalue weighted by Crippen LogP contribution is 2.19. The molecule has 2 aromatic rings. The number of hydrogen-bond donors (Lipinski definition) is 0. The average Bonchev–Trinajstić information content (AvgIpc) is 2.49. The molecule has 0 aliphatic heterocycles. The molecule has 0 heterocycles. The summed E-state index contributed by atoms with van der Waals surface area (Å²) in [5.74, 6) is 0.289. The van der Waals surface area contributed by atoms with Gasteiger partial charge in [-0.3, -0.25) is 9.59 Å². The van der Waals surface area contributed by atoms with Gasteiger partial charge in [-0.2, -0.15) is 0 Å². The maximum Gasteiger partial charge on any atom is 0.272 e. The van der Waals surface area contributed by atoms with Gasteiger partial charge in [0.25, 0.3) is 6.29 Å². The predicted octanol–water partition coefficient (Wildman–Crippen LogP) is 2.70.